The fraction of sp³-hybridized carbons (Fsp3) is 0.312. The van der Waals surface area contributed by atoms with E-state index >= 15 is 0 Å². The first-order valence-corrected chi connectivity index (χ1v) is 14.2. The Morgan fingerprint density at radius 1 is 0.778 bits per heavy atom. The molecule has 4 amide bonds. The number of benzene rings is 3. The first-order chi connectivity index (χ1) is 20.6. The summed E-state index contributed by atoms with van der Waals surface area (Å²) in [7, 11) is 0. The molecule has 5 atom stereocenters. The van der Waals surface area contributed by atoms with Crippen molar-refractivity contribution >= 4 is 57.6 Å². The third-order valence-corrected chi connectivity index (χ3v) is 7.49. The minimum Gasteiger partial charge on any atom is -0.508 e. The molecule has 0 bridgehead atoms. The summed E-state index contributed by atoms with van der Waals surface area (Å²) >= 11 is 0. The Morgan fingerprint density at radius 3 is 1.82 bits per heavy atom. The molecule has 0 aliphatic carbocycles. The highest BCUT2D eigenvalue weighted by Crippen LogP contribution is 2.20. The van der Waals surface area contributed by atoms with E-state index in [0.717, 1.165) is 16.7 Å². The van der Waals surface area contributed by atoms with E-state index in [1.807, 2.05) is 60.7 Å². The van der Waals surface area contributed by atoms with Crippen LogP contribution in [0.5, 0.6) is 5.75 Å². The molecule has 3 aromatic rings. The number of nitrogens with one attached hydrogen (secondary N) is 2. The lowest BCUT2D eigenvalue weighted by atomic mass is 10.0. The number of nitrogens with zero attached hydrogens (tertiary/aromatic N) is 1. The molecule has 13 heteroatoms. The van der Waals surface area contributed by atoms with Crippen LogP contribution in [-0.2, 0) is 38.4 Å². The second-order valence-electron chi connectivity index (χ2n) is 10.9. The summed E-state index contributed by atoms with van der Waals surface area (Å²) in [5.74, 6) is -2.18. The predicted octanol–water partition coefficient (Wildman–Crippen LogP) is 1.29. The van der Waals surface area contributed by atoms with Crippen molar-refractivity contribution in [1.82, 2.24) is 15.5 Å². The first kappa shape index (κ1) is 37.4. The van der Waals surface area contributed by atoms with Crippen molar-refractivity contribution in [3.8, 4) is 5.75 Å². The molecule has 1 saturated heterocycles. The van der Waals surface area contributed by atoms with Gasteiger partial charge in [-0.3, -0.25) is 19.2 Å². The van der Waals surface area contributed by atoms with Crippen LogP contribution in [0.4, 0.5) is 0 Å². The fourth-order valence-electron chi connectivity index (χ4n) is 5.22. The molecule has 0 aromatic heterocycles. The number of carbonyl (C=O) groups is 4. The molecule has 45 heavy (non-hydrogen) atoms. The number of amides is 4. The van der Waals surface area contributed by atoms with Crippen molar-refractivity contribution in [3.05, 3.63) is 102 Å². The van der Waals surface area contributed by atoms with E-state index in [0.29, 0.717) is 0 Å². The van der Waals surface area contributed by atoms with Crippen LogP contribution >= 0.6 is 34.0 Å². The Balaban J connectivity index is 0.00000353. The van der Waals surface area contributed by atoms with Crippen molar-refractivity contribution in [2.45, 2.75) is 55.9 Å². The summed E-state index contributed by atoms with van der Waals surface area (Å²) in [6.45, 7) is 0.135. The molecule has 1 aliphatic rings. The number of phenols is 1. The van der Waals surface area contributed by atoms with Gasteiger partial charge < -0.3 is 37.8 Å². The summed E-state index contributed by atoms with van der Waals surface area (Å²) < 4.78 is 0. The number of likely N-dealkylation sites (tertiary alicyclic amines) is 1. The Morgan fingerprint density at radius 2 is 1.29 bits per heavy atom. The van der Waals surface area contributed by atoms with E-state index in [-0.39, 0.29) is 71.9 Å². The molecule has 11 nitrogen and oxygen atoms in total. The number of phenolic OH excluding ortho intramolecular Hbond substituents is 1. The molecule has 1 aliphatic heterocycles. The maximum absolute atomic E-state index is 13.6. The quantitative estimate of drug-likeness (QED) is 0.161. The van der Waals surface area contributed by atoms with Crippen LogP contribution in [0.25, 0.3) is 0 Å². The number of halogens is 2. The van der Waals surface area contributed by atoms with Gasteiger partial charge in [0.05, 0.1) is 6.04 Å². The third kappa shape index (κ3) is 10.7. The summed E-state index contributed by atoms with van der Waals surface area (Å²) in [5, 5.41) is 15.0. The van der Waals surface area contributed by atoms with Crippen molar-refractivity contribution in [1.29, 1.82) is 0 Å². The van der Waals surface area contributed by atoms with Crippen LogP contribution in [0.15, 0.2) is 84.9 Å². The van der Waals surface area contributed by atoms with E-state index in [1.165, 1.54) is 17.0 Å². The van der Waals surface area contributed by atoms with Crippen molar-refractivity contribution in [2.75, 3.05) is 6.54 Å². The van der Waals surface area contributed by atoms with Gasteiger partial charge in [-0.25, -0.2) is 0 Å². The van der Waals surface area contributed by atoms with Crippen molar-refractivity contribution < 1.29 is 24.3 Å². The summed E-state index contributed by atoms with van der Waals surface area (Å²) in [5.41, 5.74) is 20.4. The topological polar surface area (TPSA) is 194 Å². The zero-order valence-corrected chi connectivity index (χ0v) is 28.0. The van der Waals surface area contributed by atoms with E-state index in [2.05, 4.69) is 10.6 Å². The highest BCUT2D eigenvalue weighted by atomic mass is 79.9. The lowest BCUT2D eigenvalue weighted by molar-refractivity contribution is -0.140. The van der Waals surface area contributed by atoms with Gasteiger partial charge in [-0.2, -0.15) is 0 Å². The molecule has 0 saturated carbocycles. The molecule has 1 heterocycles. The Hall–Kier alpha value is -3.78. The molecule has 0 radical (unpaired) electrons. The van der Waals surface area contributed by atoms with Crippen LogP contribution < -0.4 is 27.8 Å². The van der Waals surface area contributed by atoms with Gasteiger partial charge in [-0.05, 0) is 41.7 Å². The van der Waals surface area contributed by atoms with Crippen LogP contribution in [0.3, 0.4) is 0 Å². The van der Waals surface area contributed by atoms with Gasteiger partial charge in [0.2, 0.25) is 23.6 Å². The number of hydrogen-bond acceptors (Lipinski definition) is 7. The Bertz CT molecular complexity index is 1410. The lowest BCUT2D eigenvalue weighted by Crippen LogP contribution is -2.58. The molecule has 3 aromatic carbocycles. The van der Waals surface area contributed by atoms with E-state index < -0.39 is 53.8 Å². The van der Waals surface area contributed by atoms with Gasteiger partial charge in [0.15, 0.2) is 0 Å². The smallest absolute Gasteiger partial charge is 0.243 e. The average molecular weight is 749 g/mol. The highest BCUT2D eigenvalue weighted by Gasteiger charge is 2.41. The SMILES string of the molecule is Br.Br.NC(=O)[C@H](Cc1ccccc1)NC(=O)[C@H](Cc1ccccc1)NC(=O)[C@@H]1C[C@H](N)CN1C(=O)[C@@H](N)Cc1ccc(O)cc1. The molecular formula is C32H40Br2N6O5. The van der Waals surface area contributed by atoms with E-state index in [4.69, 9.17) is 17.2 Å². The fourth-order valence-corrected chi connectivity index (χ4v) is 5.22. The van der Waals surface area contributed by atoms with Crippen LogP contribution in [0.2, 0.25) is 0 Å². The normalized spacial score (nSPS) is 17.5. The molecule has 4 rings (SSSR count). The monoisotopic (exact) mass is 746 g/mol. The van der Waals surface area contributed by atoms with E-state index in [9.17, 15) is 24.3 Å². The van der Waals surface area contributed by atoms with Gasteiger partial charge in [-0.1, -0.05) is 72.8 Å². The van der Waals surface area contributed by atoms with Gasteiger partial charge in [0.25, 0.3) is 0 Å². The highest BCUT2D eigenvalue weighted by molar-refractivity contribution is 8.93. The molecule has 0 spiro atoms. The summed E-state index contributed by atoms with van der Waals surface area (Å²) in [4.78, 5) is 54.2. The maximum atomic E-state index is 13.6. The zero-order chi connectivity index (χ0) is 30.9. The van der Waals surface area contributed by atoms with Crippen LogP contribution in [0.1, 0.15) is 23.1 Å². The lowest BCUT2D eigenvalue weighted by Gasteiger charge is -2.29. The van der Waals surface area contributed by atoms with Crippen LogP contribution in [-0.4, -0.2) is 70.4 Å². The second-order valence-corrected chi connectivity index (χ2v) is 10.9. The zero-order valence-electron chi connectivity index (χ0n) is 24.6. The summed E-state index contributed by atoms with van der Waals surface area (Å²) in [6, 6.07) is 20.2. The molecular weight excluding hydrogens is 708 g/mol. The number of carbonyl (C=O) groups excluding carboxylic acids is 4. The minimum atomic E-state index is -1.06. The largest absolute Gasteiger partial charge is 0.508 e. The number of rotatable bonds is 12. The third-order valence-electron chi connectivity index (χ3n) is 7.49. The molecule has 1 fully saturated rings. The summed E-state index contributed by atoms with van der Waals surface area (Å²) in [6.07, 6.45) is 0.726. The van der Waals surface area contributed by atoms with E-state index in [1.54, 1.807) is 12.1 Å². The second kappa shape index (κ2) is 17.6. The maximum Gasteiger partial charge on any atom is 0.243 e. The van der Waals surface area contributed by atoms with Crippen molar-refractivity contribution in [3.63, 3.8) is 0 Å². The molecule has 242 valence electrons. The van der Waals surface area contributed by atoms with Gasteiger partial charge in [0.1, 0.15) is 23.9 Å². The molecule has 9 N–H and O–H groups in total. The number of hydrogen-bond donors (Lipinski definition) is 6. The number of primary amides is 1. The standard InChI is InChI=1S/C32H38N6O5.2BrH/c33-23-18-28(38(19-23)32(43)25(34)15-22-11-13-24(39)14-12-22)31(42)37-27(17-21-9-5-2-6-10-21)30(41)36-26(29(35)40)16-20-7-3-1-4-8-20;;/h1-14,23,25-28,39H,15-19,33-34H2,(H2,35,40)(H,36,41)(H,37,42);2*1H/t23-,25-,26-,27-,28-;;/m0../s1. The van der Waals surface area contributed by atoms with Gasteiger partial charge in [0, 0.05) is 25.4 Å². The average Bonchev–Trinajstić information content (AvgIpc) is 3.39. The minimum absolute atomic E-state index is 0. The van der Waals surface area contributed by atoms with Crippen molar-refractivity contribution in [2.24, 2.45) is 17.2 Å². The van der Waals surface area contributed by atoms with Gasteiger partial charge in [-0.15, -0.1) is 34.0 Å². The Labute approximate surface area is 283 Å². The van der Waals surface area contributed by atoms with Crippen LogP contribution in [0, 0.1) is 0 Å². The Kier molecular flexibility index (Phi) is 14.7. The first-order valence-electron chi connectivity index (χ1n) is 14.2. The molecule has 0 unspecified atom stereocenters. The number of aromatic hydroxyl groups is 1. The van der Waals surface area contributed by atoms with Gasteiger partial charge >= 0.3 is 0 Å². The number of nitrogens with two attached hydrogens (primary N) is 3. The predicted molar refractivity (Wildman–Crippen MR) is 182 cm³/mol.